The molecular formula is C16H17N5O2. The van der Waals surface area contributed by atoms with Crippen LogP contribution in [0.5, 0.6) is 0 Å². The highest BCUT2D eigenvalue weighted by Crippen LogP contribution is 2.19. The van der Waals surface area contributed by atoms with E-state index in [1.807, 2.05) is 24.0 Å². The van der Waals surface area contributed by atoms with Crippen molar-refractivity contribution in [3.05, 3.63) is 40.4 Å². The SMILES string of the molecule is CCc1cc(=O)[nH]c(-c2ccc(N3CCOC(C#N)C3)nc2)n1. The summed E-state index contributed by atoms with van der Waals surface area (Å²) in [4.78, 5) is 25.3. The Hall–Kier alpha value is -2.72. The number of aromatic nitrogens is 3. The van der Waals surface area contributed by atoms with Crippen molar-refractivity contribution in [2.24, 2.45) is 0 Å². The molecule has 2 aromatic rings. The fraction of sp³-hybridized carbons (Fsp3) is 0.375. The van der Waals surface area contributed by atoms with Crippen molar-refractivity contribution >= 4 is 5.82 Å². The van der Waals surface area contributed by atoms with Crippen molar-refractivity contribution in [2.75, 3.05) is 24.6 Å². The standard InChI is InChI=1S/C16H17N5O2/c1-2-12-7-15(22)20-16(19-12)11-3-4-14(18-9-11)21-5-6-23-13(8-17)10-21/h3-4,7,9,13H,2,5-6,10H2,1H3,(H,19,20,22). The largest absolute Gasteiger partial charge is 0.360 e. The third-order valence-electron chi connectivity index (χ3n) is 3.71. The minimum absolute atomic E-state index is 0.166. The number of H-pyrrole nitrogens is 1. The molecule has 23 heavy (non-hydrogen) atoms. The Balaban J connectivity index is 1.84. The summed E-state index contributed by atoms with van der Waals surface area (Å²) >= 11 is 0. The van der Waals surface area contributed by atoms with Gasteiger partial charge in [0.25, 0.3) is 5.56 Å². The maximum atomic E-state index is 11.7. The summed E-state index contributed by atoms with van der Waals surface area (Å²) in [5, 5.41) is 8.96. The maximum absolute atomic E-state index is 11.7. The van der Waals surface area contributed by atoms with E-state index in [2.05, 4.69) is 21.0 Å². The van der Waals surface area contributed by atoms with Crippen molar-refractivity contribution < 1.29 is 4.74 Å². The van der Waals surface area contributed by atoms with E-state index in [1.165, 1.54) is 6.07 Å². The molecule has 0 amide bonds. The van der Waals surface area contributed by atoms with Gasteiger partial charge in [-0.2, -0.15) is 5.26 Å². The van der Waals surface area contributed by atoms with Gasteiger partial charge in [0.1, 0.15) is 11.6 Å². The van der Waals surface area contributed by atoms with Gasteiger partial charge in [-0.1, -0.05) is 6.92 Å². The fourth-order valence-corrected chi connectivity index (χ4v) is 2.47. The van der Waals surface area contributed by atoms with Crippen LogP contribution in [0.1, 0.15) is 12.6 Å². The molecule has 0 spiro atoms. The number of nitriles is 1. The van der Waals surface area contributed by atoms with Gasteiger partial charge in [-0.25, -0.2) is 9.97 Å². The monoisotopic (exact) mass is 311 g/mol. The van der Waals surface area contributed by atoms with Crippen LogP contribution < -0.4 is 10.5 Å². The third kappa shape index (κ3) is 3.38. The number of nitrogens with zero attached hydrogens (tertiary/aromatic N) is 4. The van der Waals surface area contributed by atoms with E-state index in [9.17, 15) is 4.79 Å². The predicted octanol–water partition coefficient (Wildman–Crippen LogP) is 1.12. The van der Waals surface area contributed by atoms with Crippen molar-refractivity contribution in [1.82, 2.24) is 15.0 Å². The predicted molar refractivity (Wildman–Crippen MR) is 85.0 cm³/mol. The zero-order valence-corrected chi connectivity index (χ0v) is 12.8. The Morgan fingerprint density at radius 1 is 1.52 bits per heavy atom. The normalized spacial score (nSPS) is 17.7. The van der Waals surface area contributed by atoms with Gasteiger partial charge in [-0.05, 0) is 18.6 Å². The molecule has 0 aromatic carbocycles. The second-order valence-corrected chi connectivity index (χ2v) is 5.28. The number of rotatable bonds is 3. The molecular weight excluding hydrogens is 294 g/mol. The Morgan fingerprint density at radius 2 is 2.39 bits per heavy atom. The number of hydrogen-bond acceptors (Lipinski definition) is 6. The number of ether oxygens (including phenoxy) is 1. The van der Waals surface area contributed by atoms with Gasteiger partial charge in [0.05, 0.1) is 19.2 Å². The van der Waals surface area contributed by atoms with Crippen LogP contribution in [-0.4, -0.2) is 40.8 Å². The van der Waals surface area contributed by atoms with E-state index in [0.717, 1.165) is 17.1 Å². The van der Waals surface area contributed by atoms with Gasteiger partial charge in [-0.15, -0.1) is 0 Å². The number of hydrogen-bond donors (Lipinski definition) is 1. The van der Waals surface area contributed by atoms with Crippen LogP contribution in [0.15, 0.2) is 29.2 Å². The molecule has 3 heterocycles. The minimum atomic E-state index is -0.426. The van der Waals surface area contributed by atoms with Gasteiger partial charge in [0.2, 0.25) is 0 Å². The third-order valence-corrected chi connectivity index (χ3v) is 3.71. The lowest BCUT2D eigenvalue weighted by atomic mass is 10.2. The van der Waals surface area contributed by atoms with Gasteiger partial charge >= 0.3 is 0 Å². The van der Waals surface area contributed by atoms with Crippen LogP contribution in [0, 0.1) is 11.3 Å². The number of morpholine rings is 1. The molecule has 1 atom stereocenters. The molecule has 1 N–H and O–H groups in total. The molecule has 0 aliphatic carbocycles. The first-order valence-electron chi connectivity index (χ1n) is 7.52. The molecule has 1 unspecified atom stereocenters. The minimum Gasteiger partial charge on any atom is -0.360 e. The van der Waals surface area contributed by atoms with Crippen LogP contribution >= 0.6 is 0 Å². The Bertz CT molecular complexity index is 778. The van der Waals surface area contributed by atoms with Crippen molar-refractivity contribution in [1.29, 1.82) is 5.26 Å². The molecule has 2 aromatic heterocycles. The lowest BCUT2D eigenvalue weighted by Gasteiger charge is -2.30. The molecule has 0 saturated carbocycles. The first-order chi connectivity index (χ1) is 11.2. The number of aromatic amines is 1. The lowest BCUT2D eigenvalue weighted by Crippen LogP contribution is -2.42. The quantitative estimate of drug-likeness (QED) is 0.913. The van der Waals surface area contributed by atoms with Gasteiger partial charge < -0.3 is 14.6 Å². The Kier molecular flexibility index (Phi) is 4.35. The van der Waals surface area contributed by atoms with E-state index in [-0.39, 0.29) is 5.56 Å². The summed E-state index contributed by atoms with van der Waals surface area (Å²) < 4.78 is 5.33. The second kappa shape index (κ2) is 6.58. The highest BCUT2D eigenvalue weighted by Gasteiger charge is 2.20. The summed E-state index contributed by atoms with van der Waals surface area (Å²) in [6.07, 6.45) is 1.96. The van der Waals surface area contributed by atoms with Crippen molar-refractivity contribution in [3.8, 4) is 17.5 Å². The van der Waals surface area contributed by atoms with Crippen LogP contribution in [0.3, 0.4) is 0 Å². The molecule has 1 fully saturated rings. The van der Waals surface area contributed by atoms with Gasteiger partial charge in [0.15, 0.2) is 6.10 Å². The van der Waals surface area contributed by atoms with E-state index in [1.54, 1.807) is 6.20 Å². The topological polar surface area (TPSA) is 94.9 Å². The van der Waals surface area contributed by atoms with Crippen LogP contribution in [0.2, 0.25) is 0 Å². The van der Waals surface area contributed by atoms with E-state index in [4.69, 9.17) is 10.00 Å². The summed E-state index contributed by atoms with van der Waals surface area (Å²) in [5.74, 6) is 1.30. The van der Waals surface area contributed by atoms with Crippen LogP contribution in [-0.2, 0) is 11.2 Å². The maximum Gasteiger partial charge on any atom is 0.251 e. The average Bonchev–Trinajstić information content (AvgIpc) is 2.61. The Morgan fingerprint density at radius 3 is 3.09 bits per heavy atom. The first-order valence-corrected chi connectivity index (χ1v) is 7.52. The number of aryl methyl sites for hydroxylation is 1. The summed E-state index contributed by atoms with van der Waals surface area (Å²) in [7, 11) is 0. The molecule has 7 nitrogen and oxygen atoms in total. The summed E-state index contributed by atoms with van der Waals surface area (Å²) in [6, 6.07) is 7.36. The van der Waals surface area contributed by atoms with Gasteiger partial charge in [0, 0.05) is 30.1 Å². The molecule has 118 valence electrons. The molecule has 7 heteroatoms. The number of pyridine rings is 1. The van der Waals surface area contributed by atoms with Crippen LogP contribution in [0.25, 0.3) is 11.4 Å². The molecule has 0 bridgehead atoms. The molecule has 1 saturated heterocycles. The molecule has 1 aliphatic rings. The zero-order chi connectivity index (χ0) is 16.2. The average molecular weight is 311 g/mol. The highest BCUT2D eigenvalue weighted by atomic mass is 16.5. The van der Waals surface area contributed by atoms with Crippen molar-refractivity contribution in [3.63, 3.8) is 0 Å². The molecule has 0 radical (unpaired) electrons. The fourth-order valence-electron chi connectivity index (χ4n) is 2.47. The summed E-state index contributed by atoms with van der Waals surface area (Å²) in [6.45, 7) is 3.67. The first kappa shape index (κ1) is 15.2. The second-order valence-electron chi connectivity index (χ2n) is 5.28. The van der Waals surface area contributed by atoms with E-state index in [0.29, 0.717) is 31.9 Å². The Labute approximate surface area is 133 Å². The van der Waals surface area contributed by atoms with E-state index >= 15 is 0 Å². The van der Waals surface area contributed by atoms with E-state index < -0.39 is 6.10 Å². The lowest BCUT2D eigenvalue weighted by molar-refractivity contribution is 0.0761. The number of anilines is 1. The summed E-state index contributed by atoms with van der Waals surface area (Å²) in [5.41, 5.74) is 1.34. The molecule has 1 aliphatic heterocycles. The smallest absolute Gasteiger partial charge is 0.251 e. The zero-order valence-electron chi connectivity index (χ0n) is 12.8. The number of nitrogens with one attached hydrogen (secondary N) is 1. The van der Waals surface area contributed by atoms with Crippen LogP contribution in [0.4, 0.5) is 5.82 Å². The highest BCUT2D eigenvalue weighted by molar-refractivity contribution is 5.56. The molecule has 3 rings (SSSR count). The van der Waals surface area contributed by atoms with Crippen molar-refractivity contribution in [2.45, 2.75) is 19.4 Å². The van der Waals surface area contributed by atoms with Gasteiger partial charge in [-0.3, -0.25) is 4.79 Å².